The molecule has 5 rings (SSSR count). The lowest BCUT2D eigenvalue weighted by atomic mass is 9.94. The van der Waals surface area contributed by atoms with Crippen LogP contribution in [0.15, 0.2) is 48.5 Å². The van der Waals surface area contributed by atoms with Crippen molar-refractivity contribution in [3.8, 4) is 28.0 Å². The van der Waals surface area contributed by atoms with Gasteiger partial charge in [-0.3, -0.25) is 19.3 Å². The Bertz CT molecular complexity index is 1710. The van der Waals surface area contributed by atoms with Gasteiger partial charge in [-0.15, -0.1) is 0 Å². The van der Waals surface area contributed by atoms with E-state index in [1.165, 1.54) is 32.2 Å². The number of anilines is 1. The summed E-state index contributed by atoms with van der Waals surface area (Å²) in [5, 5.41) is 6.36. The summed E-state index contributed by atoms with van der Waals surface area (Å²) in [5.41, 5.74) is 8.95. The van der Waals surface area contributed by atoms with E-state index in [0.717, 1.165) is 23.3 Å². The Labute approximate surface area is 265 Å². The van der Waals surface area contributed by atoms with Gasteiger partial charge in [0, 0.05) is 56.1 Å². The average molecular weight is 636 g/mol. The van der Waals surface area contributed by atoms with Gasteiger partial charge in [-0.25, -0.2) is 9.18 Å². The molecule has 12 heteroatoms. The zero-order chi connectivity index (χ0) is 32.6. The van der Waals surface area contributed by atoms with E-state index in [2.05, 4.69) is 10.6 Å². The van der Waals surface area contributed by atoms with Gasteiger partial charge in [0.1, 0.15) is 17.5 Å². The van der Waals surface area contributed by atoms with Crippen molar-refractivity contribution >= 4 is 41.0 Å². The third kappa shape index (κ3) is 6.10. The normalized spacial score (nSPS) is 17.3. The number of primary amides is 1. The number of urea groups is 1. The Balaban J connectivity index is 1.40. The number of carbonyl (C=O) groups excluding carboxylic acids is 4. The van der Waals surface area contributed by atoms with Gasteiger partial charge in [0.05, 0.1) is 17.5 Å². The van der Waals surface area contributed by atoms with E-state index in [0.29, 0.717) is 50.8 Å². The standard InChI is InChI=1S/C33H35ClFN5O5/c1-18-20(7-6-10-26(18)38-29(41)24-16-39(2)32(44)40(3)30(24)42)22-9-5-8-21(28(22)34)19-13-25(35)23(27(14-19)45-4)15-37-17-33(11-12-33)31(36)43/h5-10,13-14,24,37H,11-12,15-17H2,1-4H3,(H2,36,43)(H,38,41). The molecule has 3 aromatic rings. The van der Waals surface area contributed by atoms with Crippen molar-refractivity contribution in [2.75, 3.05) is 39.6 Å². The van der Waals surface area contributed by atoms with Gasteiger partial charge in [0.15, 0.2) is 0 Å². The molecule has 0 aromatic heterocycles. The summed E-state index contributed by atoms with van der Waals surface area (Å²) in [6.45, 7) is 2.33. The Morgan fingerprint density at radius 3 is 2.42 bits per heavy atom. The maximum atomic E-state index is 15.5. The predicted molar refractivity (Wildman–Crippen MR) is 169 cm³/mol. The number of rotatable bonds is 10. The highest BCUT2D eigenvalue weighted by atomic mass is 35.5. The number of hydrogen-bond acceptors (Lipinski definition) is 6. The first-order valence-corrected chi connectivity index (χ1v) is 14.9. The van der Waals surface area contributed by atoms with E-state index in [4.69, 9.17) is 22.1 Å². The fourth-order valence-corrected chi connectivity index (χ4v) is 6.00. The van der Waals surface area contributed by atoms with Gasteiger partial charge in [-0.2, -0.15) is 0 Å². The minimum atomic E-state index is -1.05. The summed E-state index contributed by atoms with van der Waals surface area (Å²) in [7, 11) is 4.35. The summed E-state index contributed by atoms with van der Waals surface area (Å²) in [5.74, 6) is -2.65. The second-order valence-corrected chi connectivity index (χ2v) is 12.0. The van der Waals surface area contributed by atoms with Crippen molar-refractivity contribution in [1.82, 2.24) is 15.1 Å². The van der Waals surface area contributed by atoms with Crippen LogP contribution in [0.25, 0.3) is 22.3 Å². The Morgan fingerprint density at radius 1 is 1.09 bits per heavy atom. The number of nitrogens with zero attached hydrogens (tertiary/aromatic N) is 2. The maximum Gasteiger partial charge on any atom is 0.326 e. The molecule has 45 heavy (non-hydrogen) atoms. The van der Waals surface area contributed by atoms with Crippen molar-refractivity contribution in [1.29, 1.82) is 0 Å². The van der Waals surface area contributed by atoms with E-state index in [9.17, 15) is 19.2 Å². The minimum absolute atomic E-state index is 0.0243. The van der Waals surface area contributed by atoms with Crippen molar-refractivity contribution < 1.29 is 28.3 Å². The zero-order valence-electron chi connectivity index (χ0n) is 25.5. The molecule has 2 fully saturated rings. The molecule has 1 aliphatic carbocycles. The predicted octanol–water partition coefficient (Wildman–Crippen LogP) is 4.56. The van der Waals surface area contributed by atoms with Crippen LogP contribution in [0, 0.1) is 24.1 Å². The number of benzene rings is 3. The monoisotopic (exact) mass is 635 g/mol. The van der Waals surface area contributed by atoms with Crippen molar-refractivity contribution in [3.05, 3.63) is 70.5 Å². The molecule has 1 atom stereocenters. The molecule has 1 saturated heterocycles. The number of methoxy groups -OCH3 is 1. The van der Waals surface area contributed by atoms with Crippen LogP contribution >= 0.6 is 11.6 Å². The van der Waals surface area contributed by atoms with Crippen LogP contribution in [-0.4, -0.2) is 67.8 Å². The van der Waals surface area contributed by atoms with Crippen LogP contribution in [0.3, 0.4) is 0 Å². The van der Waals surface area contributed by atoms with Crippen LogP contribution in [0.4, 0.5) is 14.9 Å². The van der Waals surface area contributed by atoms with Gasteiger partial charge >= 0.3 is 6.03 Å². The summed E-state index contributed by atoms with van der Waals surface area (Å²) in [6.07, 6.45) is 1.43. The lowest BCUT2D eigenvalue weighted by Gasteiger charge is -2.33. The highest BCUT2D eigenvalue weighted by molar-refractivity contribution is 6.36. The first kappa shape index (κ1) is 31.9. The molecular formula is C33H35ClFN5O5. The van der Waals surface area contributed by atoms with Crippen molar-refractivity contribution in [2.24, 2.45) is 17.1 Å². The lowest BCUT2D eigenvalue weighted by molar-refractivity contribution is -0.140. The first-order chi connectivity index (χ1) is 21.4. The molecule has 3 aromatic carbocycles. The fourth-order valence-electron chi connectivity index (χ4n) is 5.66. The van der Waals surface area contributed by atoms with Crippen LogP contribution < -0.4 is 21.1 Å². The molecule has 236 valence electrons. The molecule has 0 radical (unpaired) electrons. The lowest BCUT2D eigenvalue weighted by Crippen LogP contribution is -2.56. The van der Waals surface area contributed by atoms with E-state index < -0.39 is 35.0 Å². The third-order valence-corrected chi connectivity index (χ3v) is 9.13. The van der Waals surface area contributed by atoms with Crippen LogP contribution in [0.1, 0.15) is 24.0 Å². The summed E-state index contributed by atoms with van der Waals surface area (Å²) in [4.78, 5) is 51.9. The van der Waals surface area contributed by atoms with Crippen LogP contribution in [-0.2, 0) is 20.9 Å². The van der Waals surface area contributed by atoms with Gasteiger partial charge in [0.2, 0.25) is 17.7 Å². The Kier molecular flexibility index (Phi) is 8.86. The van der Waals surface area contributed by atoms with E-state index in [1.54, 1.807) is 24.3 Å². The Hall–Kier alpha value is -4.48. The van der Waals surface area contributed by atoms with E-state index >= 15 is 4.39 Å². The molecule has 1 heterocycles. The Morgan fingerprint density at radius 2 is 1.76 bits per heavy atom. The maximum absolute atomic E-state index is 15.5. The molecular weight excluding hydrogens is 601 g/mol. The number of carbonyl (C=O) groups is 4. The van der Waals surface area contributed by atoms with Gasteiger partial charge in [-0.05, 0) is 54.7 Å². The zero-order valence-corrected chi connectivity index (χ0v) is 26.3. The smallest absolute Gasteiger partial charge is 0.326 e. The molecule has 5 amide bonds. The summed E-state index contributed by atoms with van der Waals surface area (Å²) < 4.78 is 21.0. The largest absolute Gasteiger partial charge is 0.496 e. The first-order valence-electron chi connectivity index (χ1n) is 14.5. The number of amides is 5. The average Bonchev–Trinajstić information content (AvgIpc) is 3.81. The summed E-state index contributed by atoms with van der Waals surface area (Å²) in [6, 6.07) is 13.4. The molecule has 1 saturated carbocycles. The number of halogens is 2. The molecule has 0 bridgehead atoms. The number of hydrogen-bond donors (Lipinski definition) is 3. The summed E-state index contributed by atoms with van der Waals surface area (Å²) >= 11 is 6.96. The highest BCUT2D eigenvalue weighted by Gasteiger charge is 2.48. The molecule has 10 nitrogen and oxygen atoms in total. The number of ether oxygens (including phenoxy) is 1. The fraction of sp³-hybridized carbons (Fsp3) is 0.333. The van der Waals surface area contributed by atoms with Crippen molar-refractivity contribution in [2.45, 2.75) is 26.3 Å². The number of imide groups is 1. The SMILES string of the molecule is COc1cc(-c2cccc(-c3cccc(NC(=O)C4CN(C)C(=O)N(C)C4=O)c3C)c2Cl)cc(F)c1CNCC1(C(N)=O)CC1. The van der Waals surface area contributed by atoms with Gasteiger partial charge < -0.3 is 26.0 Å². The van der Waals surface area contributed by atoms with E-state index in [1.807, 2.05) is 25.1 Å². The third-order valence-electron chi connectivity index (χ3n) is 8.72. The van der Waals surface area contributed by atoms with Crippen LogP contribution in [0.2, 0.25) is 5.02 Å². The molecule has 2 aliphatic rings. The van der Waals surface area contributed by atoms with Crippen LogP contribution in [0.5, 0.6) is 5.75 Å². The number of nitrogens with two attached hydrogens (primary N) is 1. The second-order valence-electron chi connectivity index (χ2n) is 11.6. The second kappa shape index (κ2) is 12.5. The topological polar surface area (TPSA) is 134 Å². The van der Waals surface area contributed by atoms with Gasteiger partial charge in [-0.1, -0.05) is 41.9 Å². The quantitative estimate of drug-likeness (QED) is 0.280. The minimum Gasteiger partial charge on any atom is -0.496 e. The molecule has 1 aliphatic heterocycles. The van der Waals surface area contributed by atoms with E-state index in [-0.39, 0.29) is 19.0 Å². The highest BCUT2D eigenvalue weighted by Crippen LogP contribution is 2.45. The molecule has 1 unspecified atom stereocenters. The van der Waals surface area contributed by atoms with Gasteiger partial charge in [0.25, 0.3) is 0 Å². The number of nitrogens with one attached hydrogen (secondary N) is 2. The van der Waals surface area contributed by atoms with Crippen molar-refractivity contribution in [3.63, 3.8) is 0 Å². The molecule has 0 spiro atoms. The molecule has 4 N–H and O–H groups in total.